The maximum Gasteiger partial charge on any atom is 0.236 e. The third-order valence-electron chi connectivity index (χ3n) is 5.10. The molecule has 0 aromatic heterocycles. The minimum Gasteiger partial charge on any atom is -0.339 e. The van der Waals surface area contributed by atoms with Crippen LogP contribution in [0.5, 0.6) is 0 Å². The Balaban J connectivity index is 1.34. The van der Waals surface area contributed by atoms with Gasteiger partial charge in [0.05, 0.1) is 6.54 Å². The summed E-state index contributed by atoms with van der Waals surface area (Å²) in [5.74, 6) is 0.265. The molecule has 2 fully saturated rings. The molecule has 1 aliphatic heterocycles. The number of hydrogen-bond acceptors (Lipinski definition) is 3. The third kappa shape index (κ3) is 5.18. The predicted molar refractivity (Wildman–Crippen MR) is 98.8 cm³/mol. The molecule has 130 valence electrons. The third-order valence-corrected chi connectivity index (χ3v) is 5.10. The van der Waals surface area contributed by atoms with E-state index < -0.39 is 0 Å². The zero-order valence-electron chi connectivity index (χ0n) is 14.5. The van der Waals surface area contributed by atoms with E-state index in [1.165, 1.54) is 31.2 Å². The minimum absolute atomic E-state index is 0.265. The Morgan fingerprint density at radius 3 is 2.50 bits per heavy atom. The van der Waals surface area contributed by atoms with E-state index >= 15 is 0 Å². The lowest BCUT2D eigenvalue weighted by Crippen LogP contribution is -2.51. The molecule has 1 saturated heterocycles. The van der Waals surface area contributed by atoms with Crippen molar-refractivity contribution in [2.45, 2.75) is 31.7 Å². The number of hydrogen-bond donors (Lipinski definition) is 1. The predicted octanol–water partition coefficient (Wildman–Crippen LogP) is 2.38. The molecule has 0 spiro atoms. The summed E-state index contributed by atoms with van der Waals surface area (Å²) in [6, 6.07) is 11.0. The van der Waals surface area contributed by atoms with Crippen LogP contribution in [0.4, 0.5) is 0 Å². The van der Waals surface area contributed by atoms with E-state index in [0.29, 0.717) is 12.6 Å². The molecular weight excluding hydrogens is 298 g/mol. The molecule has 0 bridgehead atoms. The standard InChI is InChI=1S/C20H29N3O/c24-20(17-21-19-10-4-5-11-19)23-15-13-22(14-16-23)12-6-9-18-7-2-1-3-8-18/h1-3,6-9,19,21H,4-5,10-17H2/b9-6+. The van der Waals surface area contributed by atoms with E-state index in [4.69, 9.17) is 0 Å². The highest BCUT2D eigenvalue weighted by Crippen LogP contribution is 2.17. The fourth-order valence-corrected chi connectivity index (χ4v) is 3.56. The summed E-state index contributed by atoms with van der Waals surface area (Å²) in [6.45, 7) is 5.10. The van der Waals surface area contributed by atoms with Crippen LogP contribution in [0.2, 0.25) is 0 Å². The van der Waals surface area contributed by atoms with Crippen molar-refractivity contribution in [3.05, 3.63) is 42.0 Å². The molecule has 1 heterocycles. The van der Waals surface area contributed by atoms with Crippen molar-refractivity contribution in [3.8, 4) is 0 Å². The van der Waals surface area contributed by atoms with Gasteiger partial charge in [0.1, 0.15) is 0 Å². The maximum atomic E-state index is 12.3. The Labute approximate surface area is 145 Å². The van der Waals surface area contributed by atoms with Gasteiger partial charge in [-0.2, -0.15) is 0 Å². The first-order valence-corrected chi connectivity index (χ1v) is 9.26. The summed E-state index contributed by atoms with van der Waals surface area (Å²) < 4.78 is 0. The van der Waals surface area contributed by atoms with Crippen LogP contribution in [0.1, 0.15) is 31.2 Å². The van der Waals surface area contributed by atoms with Crippen molar-refractivity contribution in [1.29, 1.82) is 0 Å². The van der Waals surface area contributed by atoms with Gasteiger partial charge in [-0.3, -0.25) is 9.69 Å². The lowest BCUT2D eigenvalue weighted by atomic mass is 10.2. The minimum atomic E-state index is 0.265. The first kappa shape index (κ1) is 17.2. The smallest absolute Gasteiger partial charge is 0.236 e. The van der Waals surface area contributed by atoms with Gasteiger partial charge in [-0.25, -0.2) is 0 Å². The molecule has 3 rings (SSSR count). The number of benzene rings is 1. The second-order valence-corrected chi connectivity index (χ2v) is 6.86. The van der Waals surface area contributed by atoms with Gasteiger partial charge < -0.3 is 10.2 Å². The summed E-state index contributed by atoms with van der Waals surface area (Å²) in [5, 5.41) is 3.43. The van der Waals surface area contributed by atoms with Crippen LogP contribution in [-0.2, 0) is 4.79 Å². The number of nitrogens with one attached hydrogen (secondary N) is 1. The normalized spacial score (nSPS) is 20.1. The number of rotatable bonds is 6. The summed E-state index contributed by atoms with van der Waals surface area (Å²) >= 11 is 0. The molecule has 1 amide bonds. The van der Waals surface area contributed by atoms with Crippen LogP contribution in [0.25, 0.3) is 6.08 Å². The fraction of sp³-hybridized carbons (Fsp3) is 0.550. The van der Waals surface area contributed by atoms with Crippen molar-refractivity contribution in [3.63, 3.8) is 0 Å². The van der Waals surface area contributed by atoms with E-state index in [1.807, 2.05) is 11.0 Å². The van der Waals surface area contributed by atoms with Crippen LogP contribution in [-0.4, -0.2) is 61.0 Å². The van der Waals surface area contributed by atoms with E-state index in [0.717, 1.165) is 32.7 Å². The molecule has 1 aromatic rings. The average Bonchev–Trinajstić information content (AvgIpc) is 3.15. The van der Waals surface area contributed by atoms with Gasteiger partial charge in [0.15, 0.2) is 0 Å². The molecule has 1 aliphatic carbocycles. The molecule has 4 heteroatoms. The summed E-state index contributed by atoms with van der Waals surface area (Å²) in [6.07, 6.45) is 9.46. The van der Waals surface area contributed by atoms with Gasteiger partial charge in [0.2, 0.25) is 5.91 Å². The fourth-order valence-electron chi connectivity index (χ4n) is 3.56. The van der Waals surface area contributed by atoms with Crippen molar-refractivity contribution in [1.82, 2.24) is 15.1 Å². The molecule has 1 N–H and O–H groups in total. The van der Waals surface area contributed by atoms with Crippen LogP contribution >= 0.6 is 0 Å². The number of amides is 1. The molecule has 0 atom stereocenters. The highest BCUT2D eigenvalue weighted by atomic mass is 16.2. The van der Waals surface area contributed by atoms with Crippen LogP contribution < -0.4 is 5.32 Å². The SMILES string of the molecule is O=C(CNC1CCCC1)N1CCN(C/C=C/c2ccccc2)CC1. The van der Waals surface area contributed by atoms with E-state index in [-0.39, 0.29) is 5.91 Å². The van der Waals surface area contributed by atoms with E-state index in [1.54, 1.807) is 0 Å². The zero-order chi connectivity index (χ0) is 16.6. The van der Waals surface area contributed by atoms with Crippen molar-refractivity contribution in [2.75, 3.05) is 39.3 Å². The number of carbonyl (C=O) groups is 1. The lowest BCUT2D eigenvalue weighted by molar-refractivity contribution is -0.132. The van der Waals surface area contributed by atoms with Crippen LogP contribution in [0.15, 0.2) is 36.4 Å². The van der Waals surface area contributed by atoms with Crippen molar-refractivity contribution < 1.29 is 4.79 Å². The Bertz CT molecular complexity index is 529. The highest BCUT2D eigenvalue weighted by Gasteiger charge is 2.21. The number of piperazine rings is 1. The molecule has 1 aromatic carbocycles. The number of carbonyl (C=O) groups excluding carboxylic acids is 1. The molecular formula is C20H29N3O. The molecule has 2 aliphatic rings. The first-order valence-electron chi connectivity index (χ1n) is 9.26. The maximum absolute atomic E-state index is 12.3. The van der Waals surface area contributed by atoms with Gasteiger partial charge >= 0.3 is 0 Å². The molecule has 0 unspecified atom stereocenters. The second-order valence-electron chi connectivity index (χ2n) is 6.86. The zero-order valence-corrected chi connectivity index (χ0v) is 14.5. The Morgan fingerprint density at radius 2 is 1.79 bits per heavy atom. The molecule has 24 heavy (non-hydrogen) atoms. The Morgan fingerprint density at radius 1 is 1.08 bits per heavy atom. The lowest BCUT2D eigenvalue weighted by Gasteiger charge is -2.34. The van der Waals surface area contributed by atoms with Gasteiger partial charge in [0.25, 0.3) is 0 Å². The number of nitrogens with zero attached hydrogens (tertiary/aromatic N) is 2. The first-order chi connectivity index (χ1) is 11.8. The molecule has 1 saturated carbocycles. The van der Waals surface area contributed by atoms with Crippen molar-refractivity contribution >= 4 is 12.0 Å². The average molecular weight is 327 g/mol. The Hall–Kier alpha value is -1.65. The second kappa shape index (κ2) is 9.00. The topological polar surface area (TPSA) is 35.6 Å². The van der Waals surface area contributed by atoms with Gasteiger partial charge in [-0.1, -0.05) is 55.3 Å². The van der Waals surface area contributed by atoms with E-state index in [9.17, 15) is 4.79 Å². The monoisotopic (exact) mass is 327 g/mol. The molecule has 0 radical (unpaired) electrons. The van der Waals surface area contributed by atoms with Crippen molar-refractivity contribution in [2.24, 2.45) is 0 Å². The van der Waals surface area contributed by atoms with E-state index in [2.05, 4.69) is 46.6 Å². The largest absolute Gasteiger partial charge is 0.339 e. The summed E-state index contributed by atoms with van der Waals surface area (Å²) in [4.78, 5) is 16.7. The van der Waals surface area contributed by atoms with Crippen LogP contribution in [0, 0.1) is 0 Å². The Kier molecular flexibility index (Phi) is 6.44. The highest BCUT2D eigenvalue weighted by molar-refractivity contribution is 5.78. The summed E-state index contributed by atoms with van der Waals surface area (Å²) in [5.41, 5.74) is 1.24. The molecule has 4 nitrogen and oxygen atoms in total. The summed E-state index contributed by atoms with van der Waals surface area (Å²) in [7, 11) is 0. The van der Waals surface area contributed by atoms with Crippen LogP contribution in [0.3, 0.4) is 0 Å². The van der Waals surface area contributed by atoms with Gasteiger partial charge in [-0.05, 0) is 18.4 Å². The quantitative estimate of drug-likeness (QED) is 0.871. The van der Waals surface area contributed by atoms with Gasteiger partial charge in [-0.15, -0.1) is 0 Å². The van der Waals surface area contributed by atoms with Gasteiger partial charge in [0, 0.05) is 38.8 Å².